The van der Waals surface area contributed by atoms with E-state index < -0.39 is 0 Å². The topological polar surface area (TPSA) is 64.7 Å². The third kappa shape index (κ3) is 3.23. The predicted molar refractivity (Wildman–Crippen MR) is 75.9 cm³/mol. The van der Waals surface area contributed by atoms with Crippen LogP contribution in [0.3, 0.4) is 0 Å². The molecule has 19 heavy (non-hydrogen) atoms. The van der Waals surface area contributed by atoms with Crippen molar-refractivity contribution in [2.75, 3.05) is 5.32 Å². The Morgan fingerprint density at radius 1 is 1.47 bits per heavy atom. The highest BCUT2D eigenvalue weighted by Crippen LogP contribution is 2.18. The van der Waals surface area contributed by atoms with Gasteiger partial charge in [0.15, 0.2) is 0 Å². The highest BCUT2D eigenvalue weighted by atomic mass is 79.9. The van der Waals surface area contributed by atoms with Crippen molar-refractivity contribution in [1.82, 2.24) is 19.6 Å². The third-order valence-corrected chi connectivity index (χ3v) is 3.35. The van der Waals surface area contributed by atoms with E-state index >= 15 is 0 Å². The Labute approximate surface area is 119 Å². The van der Waals surface area contributed by atoms with Crippen LogP contribution < -0.4 is 5.32 Å². The van der Waals surface area contributed by atoms with E-state index in [0.29, 0.717) is 13.0 Å². The van der Waals surface area contributed by atoms with Gasteiger partial charge in [0.05, 0.1) is 27.7 Å². The van der Waals surface area contributed by atoms with Crippen molar-refractivity contribution >= 4 is 27.5 Å². The van der Waals surface area contributed by atoms with Crippen molar-refractivity contribution in [2.24, 2.45) is 7.05 Å². The zero-order valence-corrected chi connectivity index (χ0v) is 12.7. The first-order chi connectivity index (χ1) is 8.97. The lowest BCUT2D eigenvalue weighted by Crippen LogP contribution is -2.15. The molecular formula is C12H16BrN5O. The number of nitrogens with one attached hydrogen (secondary N) is 1. The van der Waals surface area contributed by atoms with Crippen LogP contribution in [0.1, 0.15) is 17.8 Å². The molecule has 2 heterocycles. The van der Waals surface area contributed by atoms with Crippen molar-refractivity contribution < 1.29 is 4.79 Å². The smallest absolute Gasteiger partial charge is 0.226 e. The van der Waals surface area contributed by atoms with Crippen LogP contribution in [0.4, 0.5) is 5.69 Å². The van der Waals surface area contributed by atoms with E-state index in [2.05, 4.69) is 31.4 Å². The third-order valence-electron chi connectivity index (χ3n) is 2.94. The molecule has 0 aliphatic rings. The molecule has 1 N–H and O–H groups in total. The largest absolute Gasteiger partial charge is 0.323 e. The Morgan fingerprint density at radius 3 is 2.74 bits per heavy atom. The molecule has 0 unspecified atom stereocenters. The number of carbonyl (C=O) groups is 1. The Morgan fingerprint density at radius 2 is 2.21 bits per heavy atom. The van der Waals surface area contributed by atoms with Gasteiger partial charge in [-0.2, -0.15) is 10.2 Å². The molecule has 7 heteroatoms. The number of halogens is 1. The predicted octanol–water partition coefficient (Wildman–Crippen LogP) is 2.02. The molecule has 0 aromatic carbocycles. The Bertz CT molecular complexity index is 601. The molecule has 0 atom stereocenters. The fourth-order valence-electron chi connectivity index (χ4n) is 1.83. The van der Waals surface area contributed by atoms with Gasteiger partial charge in [0.1, 0.15) is 0 Å². The highest BCUT2D eigenvalue weighted by molar-refractivity contribution is 9.10. The fraction of sp³-hybridized carbons (Fsp3) is 0.417. The molecule has 0 saturated heterocycles. The van der Waals surface area contributed by atoms with Crippen molar-refractivity contribution in [3.63, 3.8) is 0 Å². The summed E-state index contributed by atoms with van der Waals surface area (Å²) < 4.78 is 4.40. The molecule has 1 amide bonds. The summed E-state index contributed by atoms with van der Waals surface area (Å²) in [5.41, 5.74) is 2.58. The number of aromatic nitrogens is 4. The zero-order chi connectivity index (χ0) is 14.0. The SMILES string of the molecule is Cc1nn(C)c(C)c1NC(=O)CCn1cc(Br)cn1. The van der Waals surface area contributed by atoms with Crippen molar-refractivity contribution in [2.45, 2.75) is 26.8 Å². The molecule has 0 aliphatic carbocycles. The molecule has 0 spiro atoms. The average Bonchev–Trinajstić information content (AvgIpc) is 2.86. The zero-order valence-electron chi connectivity index (χ0n) is 11.1. The van der Waals surface area contributed by atoms with Gasteiger partial charge in [-0.15, -0.1) is 0 Å². The highest BCUT2D eigenvalue weighted by Gasteiger charge is 2.12. The molecule has 0 bridgehead atoms. The quantitative estimate of drug-likeness (QED) is 0.935. The normalized spacial score (nSPS) is 10.7. The maximum Gasteiger partial charge on any atom is 0.226 e. The number of anilines is 1. The first-order valence-electron chi connectivity index (χ1n) is 5.95. The van der Waals surface area contributed by atoms with E-state index in [-0.39, 0.29) is 5.91 Å². The van der Waals surface area contributed by atoms with E-state index in [1.165, 1.54) is 0 Å². The molecule has 2 rings (SSSR count). The summed E-state index contributed by atoms with van der Waals surface area (Å²) in [4.78, 5) is 11.9. The number of rotatable bonds is 4. The summed E-state index contributed by atoms with van der Waals surface area (Å²) in [5.74, 6) is -0.0363. The maximum atomic E-state index is 11.9. The average molecular weight is 326 g/mol. The Hall–Kier alpha value is -1.63. The first kappa shape index (κ1) is 13.8. The van der Waals surface area contributed by atoms with Gasteiger partial charge in [0, 0.05) is 26.2 Å². The van der Waals surface area contributed by atoms with Crippen LogP contribution in [0, 0.1) is 13.8 Å². The van der Waals surface area contributed by atoms with Crippen LogP contribution in [-0.2, 0) is 18.4 Å². The summed E-state index contributed by atoms with van der Waals surface area (Å²) in [6.07, 6.45) is 3.92. The minimum absolute atomic E-state index is 0.0363. The summed E-state index contributed by atoms with van der Waals surface area (Å²) in [6.45, 7) is 4.36. The Kier molecular flexibility index (Phi) is 4.04. The molecule has 0 fully saturated rings. The van der Waals surface area contributed by atoms with E-state index in [0.717, 1.165) is 21.5 Å². The van der Waals surface area contributed by atoms with Gasteiger partial charge < -0.3 is 5.32 Å². The molecule has 102 valence electrons. The number of nitrogens with zero attached hydrogens (tertiary/aromatic N) is 4. The molecule has 6 nitrogen and oxygen atoms in total. The second-order valence-corrected chi connectivity index (χ2v) is 5.30. The monoisotopic (exact) mass is 325 g/mol. The summed E-state index contributed by atoms with van der Waals surface area (Å²) in [5, 5.41) is 11.3. The minimum Gasteiger partial charge on any atom is -0.323 e. The summed E-state index contributed by atoms with van der Waals surface area (Å²) >= 11 is 3.32. The van der Waals surface area contributed by atoms with Crippen LogP contribution in [-0.4, -0.2) is 25.5 Å². The lowest BCUT2D eigenvalue weighted by molar-refractivity contribution is -0.116. The van der Waals surface area contributed by atoms with Gasteiger partial charge in [-0.25, -0.2) is 0 Å². The van der Waals surface area contributed by atoms with Crippen molar-refractivity contribution in [3.05, 3.63) is 28.3 Å². The molecular weight excluding hydrogens is 310 g/mol. The van der Waals surface area contributed by atoms with Gasteiger partial charge in [-0.3, -0.25) is 14.2 Å². The van der Waals surface area contributed by atoms with Crippen molar-refractivity contribution in [1.29, 1.82) is 0 Å². The fourth-order valence-corrected chi connectivity index (χ4v) is 2.16. The van der Waals surface area contributed by atoms with Gasteiger partial charge in [-0.05, 0) is 29.8 Å². The number of aryl methyl sites for hydroxylation is 3. The van der Waals surface area contributed by atoms with Gasteiger partial charge in [0.25, 0.3) is 0 Å². The van der Waals surface area contributed by atoms with Crippen LogP contribution >= 0.6 is 15.9 Å². The van der Waals surface area contributed by atoms with Crippen LogP contribution in [0.15, 0.2) is 16.9 Å². The summed E-state index contributed by atoms with van der Waals surface area (Å²) in [6, 6.07) is 0. The van der Waals surface area contributed by atoms with Gasteiger partial charge in [0.2, 0.25) is 5.91 Å². The molecule has 2 aromatic rings. The van der Waals surface area contributed by atoms with Gasteiger partial charge >= 0.3 is 0 Å². The summed E-state index contributed by atoms with van der Waals surface area (Å²) in [7, 11) is 1.86. The second kappa shape index (κ2) is 5.56. The number of carbonyl (C=O) groups excluding carboxylic acids is 1. The lowest BCUT2D eigenvalue weighted by Gasteiger charge is -2.05. The van der Waals surface area contributed by atoms with Crippen LogP contribution in [0.25, 0.3) is 0 Å². The van der Waals surface area contributed by atoms with Crippen LogP contribution in [0.5, 0.6) is 0 Å². The molecule has 0 radical (unpaired) electrons. The molecule has 2 aromatic heterocycles. The minimum atomic E-state index is -0.0363. The van der Waals surface area contributed by atoms with Crippen LogP contribution in [0.2, 0.25) is 0 Å². The standard InChI is InChI=1S/C12H16BrN5O/c1-8-12(9(2)17(3)16-8)15-11(19)4-5-18-7-10(13)6-14-18/h6-7H,4-5H2,1-3H3,(H,15,19). The first-order valence-corrected chi connectivity index (χ1v) is 6.74. The Balaban J connectivity index is 1.94. The second-order valence-electron chi connectivity index (χ2n) is 4.39. The van der Waals surface area contributed by atoms with E-state index in [1.807, 2.05) is 27.1 Å². The molecule has 0 saturated carbocycles. The van der Waals surface area contributed by atoms with E-state index in [1.54, 1.807) is 15.6 Å². The lowest BCUT2D eigenvalue weighted by atomic mass is 10.3. The maximum absolute atomic E-state index is 11.9. The number of hydrogen-bond acceptors (Lipinski definition) is 3. The van der Waals surface area contributed by atoms with E-state index in [9.17, 15) is 4.79 Å². The number of hydrogen-bond donors (Lipinski definition) is 1. The molecule has 0 aliphatic heterocycles. The van der Waals surface area contributed by atoms with Crippen molar-refractivity contribution in [3.8, 4) is 0 Å². The van der Waals surface area contributed by atoms with E-state index in [4.69, 9.17) is 0 Å². The number of amides is 1. The van der Waals surface area contributed by atoms with Gasteiger partial charge in [-0.1, -0.05) is 0 Å².